The lowest BCUT2D eigenvalue weighted by atomic mass is 10.1. The number of ether oxygens (including phenoxy) is 1. The van der Waals surface area contributed by atoms with Crippen LogP contribution in [0.1, 0.15) is 25.8 Å². The van der Waals surface area contributed by atoms with Crippen LogP contribution < -0.4 is 10.2 Å². The molecule has 0 spiro atoms. The van der Waals surface area contributed by atoms with E-state index in [9.17, 15) is 13.2 Å². The second kappa shape index (κ2) is 10.9. The minimum atomic E-state index is -2.64. The molecule has 10 heteroatoms. The van der Waals surface area contributed by atoms with E-state index in [0.29, 0.717) is 36.3 Å². The lowest BCUT2D eigenvalue weighted by Crippen LogP contribution is -2.56. The molecule has 0 saturated carbocycles. The van der Waals surface area contributed by atoms with Crippen molar-refractivity contribution < 1.29 is 22.3 Å². The van der Waals surface area contributed by atoms with Gasteiger partial charge in [-0.1, -0.05) is 26.0 Å². The second-order valence-electron chi connectivity index (χ2n) is 7.82. The van der Waals surface area contributed by atoms with Crippen LogP contribution in [0.3, 0.4) is 0 Å². The van der Waals surface area contributed by atoms with E-state index in [2.05, 4.69) is 20.2 Å². The fourth-order valence-corrected chi connectivity index (χ4v) is 3.86. The fourth-order valence-electron chi connectivity index (χ4n) is 3.86. The van der Waals surface area contributed by atoms with Gasteiger partial charge in [-0.2, -0.15) is 0 Å². The zero-order chi connectivity index (χ0) is 24.1. The average Bonchev–Trinajstić information content (AvgIpc) is 3.28. The lowest BCUT2D eigenvalue weighted by molar-refractivity contribution is -0.0661. The maximum atomic E-state index is 13.5. The van der Waals surface area contributed by atoms with Gasteiger partial charge in [0.15, 0.2) is 5.76 Å². The largest absolute Gasteiger partial charge is 0.423 e. The van der Waals surface area contributed by atoms with Crippen molar-refractivity contribution in [3.05, 3.63) is 54.0 Å². The van der Waals surface area contributed by atoms with Crippen molar-refractivity contribution in [3.8, 4) is 11.3 Å². The summed E-state index contributed by atoms with van der Waals surface area (Å²) in [5, 5.41) is 2.86. The van der Waals surface area contributed by atoms with Crippen LogP contribution in [0, 0.1) is 5.82 Å². The molecule has 2 saturated heterocycles. The number of alkyl halides is 2. The van der Waals surface area contributed by atoms with Crippen LogP contribution in [0.5, 0.6) is 0 Å². The third kappa shape index (κ3) is 5.51. The van der Waals surface area contributed by atoms with E-state index in [1.54, 1.807) is 12.1 Å². The highest BCUT2D eigenvalue weighted by atomic mass is 19.3. The van der Waals surface area contributed by atoms with E-state index in [1.807, 2.05) is 18.7 Å². The number of pyridine rings is 1. The third-order valence-electron chi connectivity index (χ3n) is 5.71. The third-order valence-corrected chi connectivity index (χ3v) is 5.71. The second-order valence-corrected chi connectivity index (χ2v) is 7.82. The highest BCUT2D eigenvalue weighted by Crippen LogP contribution is 2.29. The Bertz CT molecular complexity index is 1080. The minimum absolute atomic E-state index is 0.0870. The van der Waals surface area contributed by atoms with Crippen LogP contribution in [0.15, 0.2) is 47.0 Å². The first kappa shape index (κ1) is 24.0. The molecule has 0 radical (unpaired) electrons. The highest BCUT2D eigenvalue weighted by molar-refractivity contribution is 5.60. The molecule has 182 valence electrons. The molecule has 0 unspecified atom stereocenters. The Morgan fingerprint density at radius 1 is 1.06 bits per heavy atom. The molecule has 0 aliphatic carbocycles. The minimum Gasteiger partial charge on any atom is -0.423 e. The van der Waals surface area contributed by atoms with Gasteiger partial charge in [0, 0.05) is 37.3 Å². The molecule has 2 fully saturated rings. The maximum absolute atomic E-state index is 13.5. The van der Waals surface area contributed by atoms with Crippen LogP contribution in [-0.2, 0) is 4.74 Å². The molecule has 2 aromatic heterocycles. The van der Waals surface area contributed by atoms with Crippen LogP contribution in [0.4, 0.5) is 30.8 Å². The Labute approximate surface area is 196 Å². The molecule has 0 bridgehead atoms. The van der Waals surface area contributed by atoms with E-state index in [0.717, 1.165) is 26.3 Å². The lowest BCUT2D eigenvalue weighted by Gasteiger charge is -2.42. The quantitative estimate of drug-likeness (QED) is 0.532. The molecule has 7 nitrogen and oxygen atoms in total. The number of nitrogens with one attached hydrogen (secondary N) is 1. The first-order valence-corrected chi connectivity index (χ1v) is 11.4. The van der Waals surface area contributed by atoms with E-state index in [-0.39, 0.29) is 17.4 Å². The Morgan fingerprint density at radius 3 is 2.47 bits per heavy atom. The van der Waals surface area contributed by atoms with Gasteiger partial charge in [-0.05, 0) is 24.3 Å². The predicted molar refractivity (Wildman–Crippen MR) is 124 cm³/mol. The molecule has 1 aromatic carbocycles. The Balaban J connectivity index is 0.00000133. The summed E-state index contributed by atoms with van der Waals surface area (Å²) in [5.74, 6) is 0.648. The zero-order valence-electron chi connectivity index (χ0n) is 19.2. The molecular weight excluding hydrogens is 447 g/mol. The molecule has 4 heterocycles. The maximum Gasteiger partial charge on any atom is 0.300 e. The van der Waals surface area contributed by atoms with Crippen molar-refractivity contribution in [1.82, 2.24) is 14.9 Å². The molecule has 0 amide bonds. The molecule has 5 rings (SSSR count). The number of halogens is 3. The Hall–Kier alpha value is -3.11. The molecule has 0 atom stereocenters. The number of hydrogen-bond acceptors (Lipinski definition) is 7. The molecule has 34 heavy (non-hydrogen) atoms. The summed E-state index contributed by atoms with van der Waals surface area (Å²) < 4.78 is 51.4. The number of oxazole rings is 1. The summed E-state index contributed by atoms with van der Waals surface area (Å²) in [6.07, 6.45) is -1.20. The number of rotatable bonds is 6. The number of benzene rings is 1. The van der Waals surface area contributed by atoms with Gasteiger partial charge in [0.2, 0.25) is 0 Å². The molecular formula is C24H28F3N5O2. The summed E-state index contributed by atoms with van der Waals surface area (Å²) in [7, 11) is 0. The summed E-state index contributed by atoms with van der Waals surface area (Å²) in [6.45, 7) is 8.54. The van der Waals surface area contributed by atoms with Crippen LogP contribution in [-0.4, -0.2) is 60.3 Å². The van der Waals surface area contributed by atoms with Gasteiger partial charge in [0.1, 0.15) is 17.5 Å². The predicted octanol–water partition coefficient (Wildman–Crippen LogP) is 5.10. The van der Waals surface area contributed by atoms with E-state index >= 15 is 0 Å². The first-order valence-electron chi connectivity index (χ1n) is 11.4. The van der Waals surface area contributed by atoms with Gasteiger partial charge in [-0.15, -0.1) is 0 Å². The van der Waals surface area contributed by atoms with Crippen LogP contribution >= 0.6 is 0 Å². The number of hydrogen-bond donors (Lipinski definition) is 1. The standard InChI is InChI=1S/C22H22F3N5O2.C2H6/c23-16-3-1-2-14(8-16)18-11-26-22(32-18)28-19-9-15(21(24)25)10-20(27-19)30-6-4-29(5-7-30)17-12-31-13-17;1-2/h1-3,8-11,17,21H,4-7,12-13H2,(H,26,27,28);1-2H3. The zero-order valence-corrected chi connectivity index (χ0v) is 19.2. The summed E-state index contributed by atoms with van der Waals surface area (Å²) in [4.78, 5) is 13.0. The average molecular weight is 476 g/mol. The molecule has 2 aliphatic rings. The highest BCUT2D eigenvalue weighted by Gasteiger charge is 2.29. The fraction of sp³-hybridized carbons (Fsp3) is 0.417. The normalized spacial score (nSPS) is 16.7. The van der Waals surface area contributed by atoms with Crippen molar-refractivity contribution in [2.45, 2.75) is 26.3 Å². The van der Waals surface area contributed by atoms with Gasteiger partial charge < -0.3 is 14.1 Å². The topological polar surface area (TPSA) is 66.7 Å². The first-order chi connectivity index (χ1) is 16.5. The SMILES string of the molecule is CC.Fc1cccc(-c2cnc(Nc3cc(C(F)F)cc(N4CCN(C5COC5)CC4)n3)o2)c1. The number of nitrogens with zero attached hydrogens (tertiary/aromatic N) is 4. The van der Waals surface area contributed by atoms with E-state index < -0.39 is 12.2 Å². The van der Waals surface area contributed by atoms with Crippen LogP contribution in [0.2, 0.25) is 0 Å². The number of anilines is 3. The summed E-state index contributed by atoms with van der Waals surface area (Å²) >= 11 is 0. The summed E-state index contributed by atoms with van der Waals surface area (Å²) in [5.41, 5.74) is 0.388. The Morgan fingerprint density at radius 2 is 1.82 bits per heavy atom. The van der Waals surface area contributed by atoms with E-state index in [4.69, 9.17) is 9.15 Å². The van der Waals surface area contributed by atoms with Crippen molar-refractivity contribution in [2.24, 2.45) is 0 Å². The smallest absolute Gasteiger partial charge is 0.300 e. The van der Waals surface area contributed by atoms with Crippen LogP contribution in [0.25, 0.3) is 11.3 Å². The number of piperazine rings is 1. The Kier molecular flexibility index (Phi) is 7.69. The summed E-state index contributed by atoms with van der Waals surface area (Å²) in [6, 6.07) is 9.16. The number of aromatic nitrogens is 2. The van der Waals surface area contributed by atoms with Crippen molar-refractivity contribution in [3.63, 3.8) is 0 Å². The van der Waals surface area contributed by atoms with Gasteiger partial charge in [0.05, 0.1) is 25.5 Å². The van der Waals surface area contributed by atoms with Gasteiger partial charge in [0.25, 0.3) is 6.43 Å². The van der Waals surface area contributed by atoms with E-state index in [1.165, 1.54) is 30.5 Å². The van der Waals surface area contributed by atoms with Gasteiger partial charge >= 0.3 is 6.01 Å². The van der Waals surface area contributed by atoms with Crippen molar-refractivity contribution in [1.29, 1.82) is 0 Å². The van der Waals surface area contributed by atoms with Crippen molar-refractivity contribution in [2.75, 3.05) is 49.6 Å². The monoisotopic (exact) mass is 475 g/mol. The van der Waals surface area contributed by atoms with Gasteiger partial charge in [-0.3, -0.25) is 10.2 Å². The van der Waals surface area contributed by atoms with Crippen molar-refractivity contribution >= 4 is 17.7 Å². The molecule has 3 aromatic rings. The van der Waals surface area contributed by atoms with Gasteiger partial charge in [-0.25, -0.2) is 23.1 Å². The molecule has 2 aliphatic heterocycles. The molecule has 1 N–H and O–H groups in total.